The monoisotopic (exact) mass is 245 g/mol. The minimum absolute atomic E-state index is 0.166. The number of rotatable bonds is 0. The molecule has 1 aromatic carbocycles. The van der Waals surface area contributed by atoms with E-state index in [9.17, 15) is 0 Å². The SMILES string of the molecule is ClC1CCNc2c(Br)cccc21. The molecule has 1 aliphatic rings. The van der Waals surface area contributed by atoms with Crippen molar-refractivity contribution in [2.45, 2.75) is 11.8 Å². The fourth-order valence-corrected chi connectivity index (χ4v) is 2.28. The number of nitrogens with one attached hydrogen (secondary N) is 1. The van der Waals surface area contributed by atoms with Gasteiger partial charge in [0.15, 0.2) is 0 Å². The first kappa shape index (κ1) is 8.39. The number of hydrogen-bond acceptors (Lipinski definition) is 1. The van der Waals surface area contributed by atoms with Gasteiger partial charge in [0.1, 0.15) is 0 Å². The maximum atomic E-state index is 6.16. The van der Waals surface area contributed by atoms with E-state index in [4.69, 9.17) is 11.6 Å². The van der Waals surface area contributed by atoms with Gasteiger partial charge in [0, 0.05) is 11.0 Å². The van der Waals surface area contributed by atoms with Crippen LogP contribution >= 0.6 is 27.5 Å². The van der Waals surface area contributed by atoms with Gasteiger partial charge in [-0.25, -0.2) is 0 Å². The highest BCUT2D eigenvalue weighted by atomic mass is 79.9. The van der Waals surface area contributed by atoms with Crippen LogP contribution in [0.25, 0.3) is 0 Å². The van der Waals surface area contributed by atoms with Crippen LogP contribution < -0.4 is 5.32 Å². The van der Waals surface area contributed by atoms with Crippen molar-refractivity contribution in [1.29, 1.82) is 0 Å². The van der Waals surface area contributed by atoms with Crippen molar-refractivity contribution in [3.63, 3.8) is 0 Å². The van der Waals surface area contributed by atoms with E-state index in [0.717, 1.165) is 23.1 Å². The topological polar surface area (TPSA) is 12.0 Å². The van der Waals surface area contributed by atoms with Gasteiger partial charge in [-0.05, 0) is 34.0 Å². The third-order valence-electron chi connectivity index (χ3n) is 2.08. The average Bonchev–Trinajstić information content (AvgIpc) is 2.07. The molecule has 0 spiro atoms. The Morgan fingerprint density at radius 1 is 1.50 bits per heavy atom. The lowest BCUT2D eigenvalue weighted by Gasteiger charge is -2.23. The molecule has 1 unspecified atom stereocenters. The number of halogens is 2. The van der Waals surface area contributed by atoms with Crippen molar-refractivity contribution < 1.29 is 0 Å². The summed E-state index contributed by atoms with van der Waals surface area (Å²) in [6, 6.07) is 6.12. The highest BCUT2D eigenvalue weighted by Crippen LogP contribution is 2.38. The second-order valence-electron chi connectivity index (χ2n) is 2.89. The van der Waals surface area contributed by atoms with E-state index >= 15 is 0 Å². The first-order valence-electron chi connectivity index (χ1n) is 3.95. The molecule has 1 aromatic rings. The summed E-state index contributed by atoms with van der Waals surface area (Å²) in [5, 5.41) is 3.50. The predicted molar refractivity (Wildman–Crippen MR) is 55.8 cm³/mol. The van der Waals surface area contributed by atoms with Crippen LogP contribution in [-0.2, 0) is 0 Å². The van der Waals surface area contributed by atoms with Crippen molar-refractivity contribution in [2.24, 2.45) is 0 Å². The minimum atomic E-state index is 0.166. The van der Waals surface area contributed by atoms with Crippen molar-refractivity contribution >= 4 is 33.2 Å². The number of alkyl halides is 1. The summed E-state index contributed by atoms with van der Waals surface area (Å²) in [6.07, 6.45) is 1.00. The molecule has 0 amide bonds. The lowest BCUT2D eigenvalue weighted by atomic mass is 10.0. The predicted octanol–water partition coefficient (Wildman–Crippen LogP) is 3.54. The summed E-state index contributed by atoms with van der Waals surface area (Å²) in [5.41, 5.74) is 2.36. The van der Waals surface area contributed by atoms with Crippen LogP contribution in [0.15, 0.2) is 22.7 Å². The van der Waals surface area contributed by atoms with Gasteiger partial charge in [-0.3, -0.25) is 0 Å². The van der Waals surface area contributed by atoms with Gasteiger partial charge in [0.2, 0.25) is 0 Å². The maximum Gasteiger partial charge on any atom is 0.0622 e. The van der Waals surface area contributed by atoms with Crippen molar-refractivity contribution in [3.8, 4) is 0 Å². The first-order chi connectivity index (χ1) is 5.79. The van der Waals surface area contributed by atoms with Gasteiger partial charge in [0.05, 0.1) is 11.1 Å². The van der Waals surface area contributed by atoms with Crippen LogP contribution in [-0.4, -0.2) is 6.54 Å². The molecule has 64 valence electrons. The molecular formula is C9H9BrClN. The summed E-state index contributed by atoms with van der Waals surface area (Å²) in [4.78, 5) is 0. The molecule has 1 aliphatic heterocycles. The molecule has 1 atom stereocenters. The Hall–Kier alpha value is -0.210. The Bertz CT molecular complexity index is 301. The molecule has 12 heavy (non-hydrogen) atoms. The Balaban J connectivity index is 2.52. The molecule has 1 heterocycles. The van der Waals surface area contributed by atoms with Crippen molar-refractivity contribution in [2.75, 3.05) is 11.9 Å². The Morgan fingerprint density at radius 2 is 2.33 bits per heavy atom. The Morgan fingerprint density at radius 3 is 3.08 bits per heavy atom. The third kappa shape index (κ3) is 1.34. The van der Waals surface area contributed by atoms with E-state index in [2.05, 4.69) is 27.3 Å². The lowest BCUT2D eigenvalue weighted by Crippen LogP contribution is -2.13. The van der Waals surface area contributed by atoms with Gasteiger partial charge in [-0.2, -0.15) is 0 Å². The number of hydrogen-bond donors (Lipinski definition) is 1. The van der Waals surface area contributed by atoms with Gasteiger partial charge < -0.3 is 5.32 Å². The van der Waals surface area contributed by atoms with Crippen LogP contribution in [0.4, 0.5) is 5.69 Å². The number of anilines is 1. The Labute approximate surface area is 85.2 Å². The van der Waals surface area contributed by atoms with Crippen LogP contribution in [0.1, 0.15) is 17.4 Å². The summed E-state index contributed by atoms with van der Waals surface area (Å²) in [5.74, 6) is 0. The molecule has 0 saturated heterocycles. The number of benzene rings is 1. The minimum Gasteiger partial charge on any atom is -0.384 e. The molecule has 3 heteroatoms. The zero-order chi connectivity index (χ0) is 8.55. The van der Waals surface area contributed by atoms with Gasteiger partial charge >= 0.3 is 0 Å². The first-order valence-corrected chi connectivity index (χ1v) is 5.18. The van der Waals surface area contributed by atoms with Crippen LogP contribution in [0.3, 0.4) is 0 Å². The molecular weight excluding hydrogens is 237 g/mol. The summed E-state index contributed by atoms with van der Waals surface area (Å²) >= 11 is 9.65. The molecule has 0 aromatic heterocycles. The zero-order valence-electron chi connectivity index (χ0n) is 6.48. The molecule has 0 saturated carbocycles. The second kappa shape index (κ2) is 3.27. The van der Waals surface area contributed by atoms with Gasteiger partial charge in [-0.15, -0.1) is 11.6 Å². The van der Waals surface area contributed by atoms with E-state index in [1.54, 1.807) is 0 Å². The molecule has 0 bridgehead atoms. The Kier molecular flexibility index (Phi) is 2.28. The zero-order valence-corrected chi connectivity index (χ0v) is 8.82. The normalized spacial score (nSPS) is 21.3. The van der Waals surface area contributed by atoms with Crippen molar-refractivity contribution in [1.82, 2.24) is 0 Å². The largest absolute Gasteiger partial charge is 0.384 e. The standard InChI is InChI=1S/C9H9BrClN/c10-7-3-1-2-6-8(11)4-5-12-9(6)7/h1-3,8,12H,4-5H2. The van der Waals surface area contributed by atoms with E-state index < -0.39 is 0 Å². The average molecular weight is 247 g/mol. The van der Waals surface area contributed by atoms with Gasteiger partial charge in [-0.1, -0.05) is 12.1 Å². The molecule has 0 aliphatic carbocycles. The van der Waals surface area contributed by atoms with Crippen LogP contribution in [0.2, 0.25) is 0 Å². The quantitative estimate of drug-likeness (QED) is 0.691. The highest BCUT2D eigenvalue weighted by Gasteiger charge is 2.18. The highest BCUT2D eigenvalue weighted by molar-refractivity contribution is 9.10. The fraction of sp³-hybridized carbons (Fsp3) is 0.333. The van der Waals surface area contributed by atoms with E-state index in [1.165, 1.54) is 5.56 Å². The van der Waals surface area contributed by atoms with E-state index in [0.29, 0.717) is 0 Å². The summed E-state index contributed by atoms with van der Waals surface area (Å²) < 4.78 is 1.10. The smallest absolute Gasteiger partial charge is 0.0622 e. The van der Waals surface area contributed by atoms with Gasteiger partial charge in [0.25, 0.3) is 0 Å². The molecule has 1 N–H and O–H groups in total. The second-order valence-corrected chi connectivity index (χ2v) is 4.27. The van der Waals surface area contributed by atoms with Crippen molar-refractivity contribution in [3.05, 3.63) is 28.2 Å². The molecule has 0 fully saturated rings. The molecule has 2 rings (SSSR count). The fourth-order valence-electron chi connectivity index (χ4n) is 1.47. The van der Waals surface area contributed by atoms with Crippen LogP contribution in [0.5, 0.6) is 0 Å². The lowest BCUT2D eigenvalue weighted by molar-refractivity contribution is 0.800. The van der Waals surface area contributed by atoms with E-state index in [1.807, 2.05) is 12.1 Å². The van der Waals surface area contributed by atoms with E-state index in [-0.39, 0.29) is 5.38 Å². The van der Waals surface area contributed by atoms with Crippen LogP contribution in [0, 0.1) is 0 Å². The summed E-state index contributed by atoms with van der Waals surface area (Å²) in [6.45, 7) is 0.962. The number of fused-ring (bicyclic) bond motifs is 1. The molecule has 1 nitrogen and oxygen atoms in total. The number of para-hydroxylation sites is 1. The summed E-state index contributed by atoms with van der Waals surface area (Å²) in [7, 11) is 0. The maximum absolute atomic E-state index is 6.16. The third-order valence-corrected chi connectivity index (χ3v) is 3.20. The molecule has 0 radical (unpaired) electrons.